The molecule has 3 aromatic heterocycles. The molecular weight excluding hydrogens is 330 g/mol. The molecule has 0 spiro atoms. The van der Waals surface area contributed by atoms with Crippen LogP contribution in [0, 0.1) is 13.8 Å². The van der Waals surface area contributed by atoms with E-state index in [1.165, 1.54) is 61.0 Å². The van der Waals surface area contributed by atoms with E-state index >= 15 is 0 Å². The highest BCUT2D eigenvalue weighted by atomic mass is 14.7. The van der Waals surface area contributed by atoms with E-state index in [0.717, 1.165) is 6.42 Å². The molecule has 3 nitrogen and oxygen atoms in total. The van der Waals surface area contributed by atoms with Gasteiger partial charge in [-0.05, 0) is 61.2 Å². The summed E-state index contributed by atoms with van der Waals surface area (Å²) < 4.78 is 0. The van der Waals surface area contributed by atoms with Crippen molar-refractivity contribution >= 4 is 21.8 Å². The van der Waals surface area contributed by atoms with Crippen molar-refractivity contribution in [2.24, 2.45) is 0 Å². The van der Waals surface area contributed by atoms with Gasteiger partial charge in [0.05, 0.1) is 5.69 Å². The summed E-state index contributed by atoms with van der Waals surface area (Å²) in [6, 6.07) is 15.2. The quantitative estimate of drug-likeness (QED) is 0.332. The number of aromatic amines is 3. The standard InChI is InChI=1S/C24H23N3/c1-4-16-23(18-6-5-7-20-17(18)10-12-25-20)15(3)27-24(16)22-14(2)8-9-21-19(22)11-13-26-21/h5-13,25-27H,4H2,1-3H3. The number of nitrogens with one attached hydrogen (secondary N) is 3. The first-order chi connectivity index (χ1) is 13.2. The van der Waals surface area contributed by atoms with Gasteiger partial charge in [-0.25, -0.2) is 0 Å². The summed E-state index contributed by atoms with van der Waals surface area (Å²) in [4.78, 5) is 10.4. The van der Waals surface area contributed by atoms with Gasteiger partial charge in [-0.15, -0.1) is 0 Å². The van der Waals surface area contributed by atoms with Crippen molar-refractivity contribution in [3.05, 3.63) is 71.7 Å². The van der Waals surface area contributed by atoms with E-state index in [0.29, 0.717) is 0 Å². The fourth-order valence-electron chi connectivity index (χ4n) is 4.49. The highest BCUT2D eigenvalue weighted by molar-refractivity contribution is 6.01. The molecule has 3 heteroatoms. The number of rotatable bonds is 3. The number of aryl methyl sites for hydroxylation is 2. The molecule has 0 aliphatic carbocycles. The van der Waals surface area contributed by atoms with Gasteiger partial charge < -0.3 is 15.0 Å². The van der Waals surface area contributed by atoms with Crippen molar-refractivity contribution in [2.75, 3.05) is 0 Å². The predicted octanol–water partition coefficient (Wildman–Crippen LogP) is 6.49. The molecular formula is C24H23N3. The van der Waals surface area contributed by atoms with E-state index < -0.39 is 0 Å². The van der Waals surface area contributed by atoms with Gasteiger partial charge in [0, 0.05) is 51.0 Å². The van der Waals surface area contributed by atoms with Crippen molar-refractivity contribution in [2.45, 2.75) is 27.2 Å². The van der Waals surface area contributed by atoms with E-state index in [4.69, 9.17) is 0 Å². The van der Waals surface area contributed by atoms with Crippen LogP contribution in [-0.4, -0.2) is 15.0 Å². The van der Waals surface area contributed by atoms with Gasteiger partial charge in [-0.2, -0.15) is 0 Å². The normalized spacial score (nSPS) is 11.7. The van der Waals surface area contributed by atoms with E-state index in [1.807, 2.05) is 12.4 Å². The first-order valence-electron chi connectivity index (χ1n) is 9.54. The number of hydrogen-bond acceptors (Lipinski definition) is 0. The number of H-pyrrole nitrogens is 3. The lowest BCUT2D eigenvalue weighted by molar-refractivity contribution is 1.15. The van der Waals surface area contributed by atoms with Gasteiger partial charge >= 0.3 is 0 Å². The maximum Gasteiger partial charge on any atom is 0.0504 e. The molecule has 3 N–H and O–H groups in total. The van der Waals surface area contributed by atoms with Crippen molar-refractivity contribution in [1.82, 2.24) is 15.0 Å². The Hall–Kier alpha value is -3.20. The van der Waals surface area contributed by atoms with Crippen LogP contribution < -0.4 is 0 Å². The molecule has 5 rings (SSSR count). The topological polar surface area (TPSA) is 47.4 Å². The molecule has 0 amide bonds. The molecule has 5 aromatic rings. The van der Waals surface area contributed by atoms with Gasteiger partial charge in [0.25, 0.3) is 0 Å². The Kier molecular flexibility index (Phi) is 3.51. The van der Waals surface area contributed by atoms with Crippen molar-refractivity contribution in [3.8, 4) is 22.4 Å². The Bertz CT molecular complexity index is 1280. The summed E-state index contributed by atoms with van der Waals surface area (Å²) in [5, 5.41) is 2.55. The second-order valence-corrected chi connectivity index (χ2v) is 7.27. The third-order valence-electron chi connectivity index (χ3n) is 5.70. The van der Waals surface area contributed by atoms with Crippen LogP contribution in [-0.2, 0) is 6.42 Å². The average molecular weight is 353 g/mol. The first-order valence-corrected chi connectivity index (χ1v) is 9.54. The highest BCUT2D eigenvalue weighted by Crippen LogP contribution is 2.41. The monoisotopic (exact) mass is 353 g/mol. The van der Waals surface area contributed by atoms with Gasteiger partial charge in [-0.3, -0.25) is 0 Å². The molecule has 0 aliphatic heterocycles. The average Bonchev–Trinajstić information content (AvgIpc) is 3.38. The van der Waals surface area contributed by atoms with Crippen LogP contribution in [0.4, 0.5) is 0 Å². The summed E-state index contributed by atoms with van der Waals surface area (Å²) >= 11 is 0. The number of fused-ring (bicyclic) bond motifs is 2. The van der Waals surface area contributed by atoms with E-state index in [1.54, 1.807) is 0 Å². The smallest absolute Gasteiger partial charge is 0.0504 e. The molecule has 0 fully saturated rings. The Balaban J connectivity index is 1.84. The summed E-state index contributed by atoms with van der Waals surface area (Å²) in [5.74, 6) is 0. The summed E-state index contributed by atoms with van der Waals surface area (Å²) in [6.07, 6.45) is 5.03. The van der Waals surface area contributed by atoms with Crippen LogP contribution in [0.3, 0.4) is 0 Å². The maximum atomic E-state index is 3.73. The van der Waals surface area contributed by atoms with Crippen LogP contribution in [0.2, 0.25) is 0 Å². The molecule has 0 aliphatic rings. The summed E-state index contributed by atoms with van der Waals surface area (Å²) in [5.41, 5.74) is 11.5. The second-order valence-electron chi connectivity index (χ2n) is 7.27. The highest BCUT2D eigenvalue weighted by Gasteiger charge is 2.21. The van der Waals surface area contributed by atoms with Crippen molar-refractivity contribution < 1.29 is 0 Å². The van der Waals surface area contributed by atoms with Gasteiger partial charge in [-0.1, -0.05) is 25.1 Å². The number of aromatic nitrogens is 3. The molecule has 0 saturated carbocycles. The number of benzene rings is 2. The molecule has 2 aromatic carbocycles. The molecule has 3 heterocycles. The van der Waals surface area contributed by atoms with Crippen LogP contribution in [0.15, 0.2) is 54.9 Å². The zero-order chi connectivity index (χ0) is 18.5. The van der Waals surface area contributed by atoms with Gasteiger partial charge in [0.1, 0.15) is 0 Å². The van der Waals surface area contributed by atoms with Crippen LogP contribution in [0.25, 0.3) is 44.2 Å². The molecule has 0 unspecified atom stereocenters. The third-order valence-corrected chi connectivity index (χ3v) is 5.70. The zero-order valence-electron chi connectivity index (χ0n) is 15.9. The SMILES string of the molecule is CCc1c(-c2c(C)ccc3[nH]ccc23)[nH]c(C)c1-c1cccc2[nH]ccc12. The fraction of sp³-hybridized carbons (Fsp3) is 0.167. The maximum absolute atomic E-state index is 3.73. The molecule has 0 atom stereocenters. The first kappa shape index (κ1) is 16.0. The lowest BCUT2D eigenvalue weighted by Crippen LogP contribution is -1.91. The van der Waals surface area contributed by atoms with Crippen molar-refractivity contribution in [1.29, 1.82) is 0 Å². The summed E-state index contributed by atoms with van der Waals surface area (Å²) in [6.45, 7) is 6.64. The minimum absolute atomic E-state index is 0.982. The lowest BCUT2D eigenvalue weighted by Gasteiger charge is -2.11. The number of hydrogen-bond donors (Lipinski definition) is 3. The van der Waals surface area contributed by atoms with Crippen LogP contribution in [0.1, 0.15) is 23.7 Å². The molecule has 134 valence electrons. The van der Waals surface area contributed by atoms with Crippen molar-refractivity contribution in [3.63, 3.8) is 0 Å². The minimum atomic E-state index is 0.982. The van der Waals surface area contributed by atoms with E-state index in [-0.39, 0.29) is 0 Å². The summed E-state index contributed by atoms with van der Waals surface area (Å²) in [7, 11) is 0. The van der Waals surface area contributed by atoms with Crippen LogP contribution in [0.5, 0.6) is 0 Å². The van der Waals surface area contributed by atoms with E-state index in [2.05, 4.69) is 78.2 Å². The second kappa shape index (κ2) is 5.92. The largest absolute Gasteiger partial charge is 0.361 e. The third kappa shape index (κ3) is 2.28. The minimum Gasteiger partial charge on any atom is -0.361 e. The lowest BCUT2D eigenvalue weighted by atomic mass is 9.92. The van der Waals surface area contributed by atoms with Gasteiger partial charge in [0.15, 0.2) is 0 Å². The zero-order valence-corrected chi connectivity index (χ0v) is 15.9. The van der Waals surface area contributed by atoms with Crippen LogP contribution >= 0.6 is 0 Å². The van der Waals surface area contributed by atoms with Gasteiger partial charge in [0.2, 0.25) is 0 Å². The molecule has 0 radical (unpaired) electrons. The Morgan fingerprint density at radius 3 is 2.30 bits per heavy atom. The molecule has 0 bridgehead atoms. The fourth-order valence-corrected chi connectivity index (χ4v) is 4.49. The predicted molar refractivity (Wildman–Crippen MR) is 114 cm³/mol. The Morgan fingerprint density at radius 2 is 1.52 bits per heavy atom. The Labute approximate surface area is 158 Å². The Morgan fingerprint density at radius 1 is 0.778 bits per heavy atom. The van der Waals surface area contributed by atoms with E-state index in [9.17, 15) is 0 Å². The molecule has 27 heavy (non-hydrogen) atoms. The molecule has 0 saturated heterocycles.